The molecule has 0 aliphatic rings. The van der Waals surface area contributed by atoms with E-state index in [1.165, 1.54) is 0 Å². The SMILES string of the molecule is Nc1cc(Br)cnc1-n1cccc1. The van der Waals surface area contributed by atoms with E-state index in [1.807, 2.05) is 35.2 Å². The Labute approximate surface area is 84.3 Å². The molecule has 2 N–H and O–H groups in total. The average Bonchev–Trinajstić information content (AvgIpc) is 2.56. The van der Waals surface area contributed by atoms with Gasteiger partial charge < -0.3 is 10.3 Å². The van der Waals surface area contributed by atoms with E-state index in [-0.39, 0.29) is 0 Å². The molecule has 0 saturated carbocycles. The Bertz CT molecular complexity index is 409. The highest BCUT2D eigenvalue weighted by molar-refractivity contribution is 9.10. The maximum atomic E-state index is 5.80. The molecule has 0 spiro atoms. The summed E-state index contributed by atoms with van der Waals surface area (Å²) in [5.74, 6) is 0.758. The first-order valence-corrected chi connectivity index (χ1v) is 4.61. The first-order chi connectivity index (χ1) is 6.27. The lowest BCUT2D eigenvalue weighted by Gasteiger charge is -2.05. The van der Waals surface area contributed by atoms with E-state index in [9.17, 15) is 0 Å². The smallest absolute Gasteiger partial charge is 0.159 e. The third kappa shape index (κ3) is 1.58. The second-order valence-corrected chi connectivity index (χ2v) is 3.57. The van der Waals surface area contributed by atoms with Crippen LogP contribution in [0.2, 0.25) is 0 Å². The van der Waals surface area contributed by atoms with Gasteiger partial charge in [-0.15, -0.1) is 0 Å². The van der Waals surface area contributed by atoms with Gasteiger partial charge >= 0.3 is 0 Å². The largest absolute Gasteiger partial charge is 0.396 e. The van der Waals surface area contributed by atoms with Gasteiger partial charge in [0.15, 0.2) is 5.82 Å². The van der Waals surface area contributed by atoms with Gasteiger partial charge in [-0.25, -0.2) is 4.98 Å². The molecule has 0 amide bonds. The monoisotopic (exact) mass is 237 g/mol. The van der Waals surface area contributed by atoms with Crippen molar-refractivity contribution in [1.29, 1.82) is 0 Å². The summed E-state index contributed by atoms with van der Waals surface area (Å²) >= 11 is 3.31. The number of nitrogens with two attached hydrogens (primary N) is 1. The van der Waals surface area contributed by atoms with Crippen LogP contribution >= 0.6 is 15.9 Å². The van der Waals surface area contributed by atoms with Crippen LogP contribution < -0.4 is 5.73 Å². The quantitative estimate of drug-likeness (QED) is 0.827. The second kappa shape index (κ2) is 3.22. The third-order valence-electron chi connectivity index (χ3n) is 1.71. The molecule has 2 heterocycles. The number of hydrogen-bond acceptors (Lipinski definition) is 2. The molecule has 0 saturated heterocycles. The van der Waals surface area contributed by atoms with Crippen LogP contribution in [0.15, 0.2) is 41.3 Å². The zero-order valence-corrected chi connectivity index (χ0v) is 8.40. The minimum atomic E-state index is 0.658. The number of hydrogen-bond donors (Lipinski definition) is 1. The molecule has 0 unspecified atom stereocenters. The van der Waals surface area contributed by atoms with Gasteiger partial charge in [-0.05, 0) is 34.1 Å². The van der Waals surface area contributed by atoms with Gasteiger partial charge in [0.25, 0.3) is 0 Å². The van der Waals surface area contributed by atoms with Gasteiger partial charge in [0.2, 0.25) is 0 Å². The number of rotatable bonds is 1. The van der Waals surface area contributed by atoms with Crippen molar-refractivity contribution >= 4 is 21.6 Å². The van der Waals surface area contributed by atoms with E-state index in [1.54, 1.807) is 6.20 Å². The van der Waals surface area contributed by atoms with Crippen molar-refractivity contribution in [2.45, 2.75) is 0 Å². The van der Waals surface area contributed by atoms with Crippen LogP contribution in [-0.2, 0) is 0 Å². The maximum Gasteiger partial charge on any atom is 0.159 e. The normalized spacial score (nSPS) is 10.2. The predicted molar refractivity (Wildman–Crippen MR) is 55.7 cm³/mol. The topological polar surface area (TPSA) is 43.8 Å². The van der Waals surface area contributed by atoms with Crippen molar-refractivity contribution in [3.05, 3.63) is 41.3 Å². The summed E-state index contributed by atoms with van der Waals surface area (Å²) in [6.07, 6.45) is 5.55. The molecule has 2 aromatic heterocycles. The third-order valence-corrected chi connectivity index (χ3v) is 2.14. The number of pyridine rings is 1. The lowest BCUT2D eigenvalue weighted by atomic mass is 10.4. The number of anilines is 1. The highest BCUT2D eigenvalue weighted by Gasteiger charge is 2.01. The Morgan fingerprint density at radius 2 is 2.00 bits per heavy atom. The fourth-order valence-electron chi connectivity index (χ4n) is 1.14. The van der Waals surface area contributed by atoms with Gasteiger partial charge in [0.1, 0.15) is 0 Å². The molecular weight excluding hydrogens is 230 g/mol. The van der Waals surface area contributed by atoms with Crippen LogP contribution in [0, 0.1) is 0 Å². The van der Waals surface area contributed by atoms with Gasteiger partial charge in [-0.2, -0.15) is 0 Å². The van der Waals surface area contributed by atoms with Crippen molar-refractivity contribution < 1.29 is 0 Å². The van der Waals surface area contributed by atoms with E-state index >= 15 is 0 Å². The summed E-state index contributed by atoms with van der Waals surface area (Å²) in [5, 5.41) is 0. The van der Waals surface area contributed by atoms with Crippen molar-refractivity contribution in [1.82, 2.24) is 9.55 Å². The Morgan fingerprint density at radius 1 is 1.31 bits per heavy atom. The Balaban J connectivity index is 2.53. The molecule has 13 heavy (non-hydrogen) atoms. The van der Waals surface area contributed by atoms with Crippen LogP contribution in [0.1, 0.15) is 0 Å². The van der Waals surface area contributed by atoms with Gasteiger partial charge in [0.05, 0.1) is 5.69 Å². The summed E-state index contributed by atoms with van der Waals surface area (Å²) in [5.41, 5.74) is 6.46. The molecule has 2 rings (SSSR count). The highest BCUT2D eigenvalue weighted by atomic mass is 79.9. The Hall–Kier alpha value is -1.29. The highest BCUT2D eigenvalue weighted by Crippen LogP contribution is 2.18. The molecule has 0 aromatic carbocycles. The molecule has 0 bridgehead atoms. The molecular formula is C9H8BrN3. The molecule has 0 aliphatic heterocycles. The van der Waals surface area contributed by atoms with Crippen molar-refractivity contribution in [2.24, 2.45) is 0 Å². The summed E-state index contributed by atoms with van der Waals surface area (Å²) in [4.78, 5) is 4.21. The molecule has 3 nitrogen and oxygen atoms in total. The van der Waals surface area contributed by atoms with Crippen molar-refractivity contribution in [2.75, 3.05) is 5.73 Å². The fourth-order valence-corrected chi connectivity index (χ4v) is 1.49. The van der Waals surface area contributed by atoms with Crippen molar-refractivity contribution in [3.63, 3.8) is 0 Å². The van der Waals surface area contributed by atoms with E-state index in [0.717, 1.165) is 10.3 Å². The summed E-state index contributed by atoms with van der Waals surface area (Å²) in [7, 11) is 0. The van der Waals surface area contributed by atoms with E-state index in [0.29, 0.717) is 5.69 Å². The average molecular weight is 238 g/mol. The number of aromatic nitrogens is 2. The van der Waals surface area contributed by atoms with Crippen LogP contribution in [0.4, 0.5) is 5.69 Å². The van der Waals surface area contributed by atoms with Crippen LogP contribution in [-0.4, -0.2) is 9.55 Å². The predicted octanol–water partition coefficient (Wildman–Crippen LogP) is 2.22. The fraction of sp³-hybridized carbons (Fsp3) is 0. The Kier molecular flexibility index (Phi) is 2.06. The first-order valence-electron chi connectivity index (χ1n) is 3.82. The summed E-state index contributed by atoms with van der Waals surface area (Å²) < 4.78 is 2.77. The second-order valence-electron chi connectivity index (χ2n) is 2.66. The number of nitrogens with zero attached hydrogens (tertiary/aromatic N) is 2. The van der Waals surface area contributed by atoms with E-state index < -0.39 is 0 Å². The lowest BCUT2D eigenvalue weighted by Crippen LogP contribution is -1.99. The molecule has 0 aliphatic carbocycles. The van der Waals surface area contributed by atoms with E-state index in [4.69, 9.17) is 5.73 Å². The minimum Gasteiger partial charge on any atom is -0.396 e. The standard InChI is InChI=1S/C9H8BrN3/c10-7-5-8(11)9(12-6-7)13-3-1-2-4-13/h1-6H,11H2. The van der Waals surface area contributed by atoms with Crippen LogP contribution in [0.5, 0.6) is 0 Å². The van der Waals surface area contributed by atoms with Crippen LogP contribution in [0.25, 0.3) is 5.82 Å². The van der Waals surface area contributed by atoms with Crippen LogP contribution in [0.3, 0.4) is 0 Å². The van der Waals surface area contributed by atoms with Gasteiger partial charge in [-0.3, -0.25) is 0 Å². The number of nitrogen functional groups attached to an aromatic ring is 1. The first kappa shape index (κ1) is 8.31. The maximum absolute atomic E-state index is 5.80. The molecule has 0 atom stereocenters. The number of halogens is 1. The zero-order chi connectivity index (χ0) is 9.26. The molecule has 2 aromatic rings. The molecule has 4 heteroatoms. The molecule has 0 radical (unpaired) electrons. The van der Waals surface area contributed by atoms with Gasteiger partial charge in [-0.1, -0.05) is 0 Å². The lowest BCUT2D eigenvalue weighted by molar-refractivity contribution is 1.01. The van der Waals surface area contributed by atoms with Gasteiger partial charge in [0, 0.05) is 23.1 Å². The summed E-state index contributed by atoms with van der Waals surface area (Å²) in [6.45, 7) is 0. The van der Waals surface area contributed by atoms with Crippen molar-refractivity contribution in [3.8, 4) is 5.82 Å². The minimum absolute atomic E-state index is 0.658. The Morgan fingerprint density at radius 3 is 2.62 bits per heavy atom. The van der Waals surface area contributed by atoms with E-state index in [2.05, 4.69) is 20.9 Å². The molecule has 66 valence electrons. The zero-order valence-electron chi connectivity index (χ0n) is 6.81. The molecule has 0 fully saturated rings. The summed E-state index contributed by atoms with van der Waals surface area (Å²) in [6, 6.07) is 5.70.